The number of methoxy groups -OCH3 is 1. The molecule has 1 amide bonds. The number of ether oxygens (including phenoxy) is 2. The number of hydrogen-bond acceptors (Lipinski definition) is 7. The Morgan fingerprint density at radius 3 is 2.65 bits per heavy atom. The molecule has 5 atom stereocenters. The number of anilines is 1. The molecule has 2 aromatic rings. The van der Waals surface area contributed by atoms with Crippen LogP contribution in [0.1, 0.15) is 67.4 Å². The van der Waals surface area contributed by atoms with Crippen LogP contribution in [0.5, 0.6) is 5.75 Å². The number of halogens is 1. The summed E-state index contributed by atoms with van der Waals surface area (Å²) in [5.41, 5.74) is 2.09. The van der Waals surface area contributed by atoms with E-state index in [1.165, 1.54) is 0 Å². The Morgan fingerprint density at radius 2 is 1.93 bits per heavy atom. The highest BCUT2D eigenvalue weighted by Gasteiger charge is 2.47. The molecule has 0 radical (unpaired) electrons. The Labute approximate surface area is 259 Å². The number of hydrogen-bond donors (Lipinski definition) is 1. The fraction of sp³-hybridized carbons (Fsp3) is 0.515. The van der Waals surface area contributed by atoms with Crippen LogP contribution in [0.15, 0.2) is 48.6 Å². The van der Waals surface area contributed by atoms with E-state index in [4.69, 9.17) is 21.1 Å². The van der Waals surface area contributed by atoms with E-state index in [9.17, 15) is 18.0 Å². The third kappa shape index (κ3) is 6.64. The van der Waals surface area contributed by atoms with Gasteiger partial charge in [0.1, 0.15) is 18.0 Å². The topological polar surface area (TPSA) is 102 Å². The number of carbonyl (C=O) groups excluding carboxylic acids is 2. The molecule has 3 aliphatic rings. The molecule has 1 saturated carbocycles. The van der Waals surface area contributed by atoms with Crippen molar-refractivity contribution in [2.24, 2.45) is 17.8 Å². The molecule has 8 nitrogen and oxygen atoms in total. The average molecular weight is 629 g/mol. The lowest BCUT2D eigenvalue weighted by atomic mass is 9.64. The summed E-state index contributed by atoms with van der Waals surface area (Å²) >= 11 is 6.31. The summed E-state index contributed by atoms with van der Waals surface area (Å²) in [7, 11) is -2.41. The highest BCUT2D eigenvalue weighted by atomic mass is 35.5. The number of allylic oxidation sites excluding steroid dienone is 1. The van der Waals surface area contributed by atoms with Gasteiger partial charge in [-0.2, -0.15) is 0 Å². The fourth-order valence-electron chi connectivity index (χ4n) is 6.51. The average Bonchev–Trinajstić information content (AvgIpc) is 3.00. The van der Waals surface area contributed by atoms with Gasteiger partial charge in [-0.25, -0.2) is 13.1 Å². The van der Waals surface area contributed by atoms with Gasteiger partial charge in [0.05, 0.1) is 10.9 Å². The summed E-state index contributed by atoms with van der Waals surface area (Å²) in [5, 5.41) is -0.150. The second kappa shape index (κ2) is 13.0. The first-order chi connectivity index (χ1) is 20.6. The van der Waals surface area contributed by atoms with Crippen LogP contribution in [-0.2, 0) is 32.6 Å². The van der Waals surface area contributed by atoms with Crippen LogP contribution in [0.25, 0.3) is 0 Å². The number of aldehydes is 1. The third-order valence-corrected chi connectivity index (χ3v) is 11.8. The Bertz CT molecular complexity index is 1490. The predicted octanol–water partition coefficient (Wildman–Crippen LogP) is 5.72. The van der Waals surface area contributed by atoms with Gasteiger partial charge in [-0.15, -0.1) is 0 Å². The number of carbonyl (C=O) groups is 2. The van der Waals surface area contributed by atoms with Crippen molar-refractivity contribution in [2.45, 2.75) is 69.8 Å². The number of nitrogens with zero attached hydrogens (tertiary/aromatic N) is 1. The number of fused-ring (bicyclic) bond motifs is 3. The van der Waals surface area contributed by atoms with Crippen LogP contribution in [0.4, 0.5) is 5.69 Å². The van der Waals surface area contributed by atoms with Crippen molar-refractivity contribution in [3.63, 3.8) is 0 Å². The summed E-state index contributed by atoms with van der Waals surface area (Å²) in [6.45, 7) is 5.09. The molecule has 232 valence electrons. The Hall–Kier alpha value is -2.88. The molecule has 1 N–H and O–H groups in total. The molecular weight excluding hydrogens is 588 g/mol. The van der Waals surface area contributed by atoms with E-state index in [2.05, 4.69) is 9.62 Å². The Morgan fingerprint density at radius 1 is 1.12 bits per heavy atom. The number of aryl methyl sites for hydroxylation is 1. The van der Waals surface area contributed by atoms with Crippen LogP contribution in [0, 0.1) is 17.8 Å². The Balaban J connectivity index is 1.58. The summed E-state index contributed by atoms with van der Waals surface area (Å²) < 4.78 is 41.1. The zero-order valence-corrected chi connectivity index (χ0v) is 26.6. The number of benzene rings is 2. The first kappa shape index (κ1) is 31.5. The number of sulfonamides is 1. The van der Waals surface area contributed by atoms with Crippen LogP contribution >= 0.6 is 11.6 Å². The predicted molar refractivity (Wildman–Crippen MR) is 168 cm³/mol. The molecular formula is C33H41ClN2O6S. The molecule has 0 aromatic heterocycles. The van der Waals surface area contributed by atoms with E-state index in [0.29, 0.717) is 36.9 Å². The van der Waals surface area contributed by atoms with Gasteiger partial charge in [-0.1, -0.05) is 30.7 Å². The van der Waals surface area contributed by atoms with Crippen molar-refractivity contribution < 1.29 is 27.5 Å². The summed E-state index contributed by atoms with van der Waals surface area (Å²) in [6, 6.07) is 10.9. The van der Waals surface area contributed by atoms with E-state index < -0.39 is 26.8 Å². The SMILES string of the molecule is COC1(C=O)/C=C/CC(C)[C@@H](C)S(=O)(=O)NC(=O)c2ccc3c(c2)N(CCCCc2cc(Cl)ccc2CO3)C[C@@H]2CC[C@H]21. The zero-order chi connectivity index (χ0) is 30.8. The smallest absolute Gasteiger partial charge is 0.264 e. The minimum absolute atomic E-state index is 0.0314. The number of amides is 1. The highest BCUT2D eigenvalue weighted by Crippen LogP contribution is 2.45. The van der Waals surface area contributed by atoms with Crippen LogP contribution in [-0.4, -0.2) is 51.7 Å². The second-order valence-corrected chi connectivity index (χ2v) is 14.7. The van der Waals surface area contributed by atoms with E-state index in [1.807, 2.05) is 37.3 Å². The normalized spacial score (nSPS) is 30.2. The Kier molecular flexibility index (Phi) is 9.54. The third-order valence-electron chi connectivity index (χ3n) is 9.64. The lowest BCUT2D eigenvalue weighted by Crippen LogP contribution is -2.52. The molecule has 2 aliphatic heterocycles. The van der Waals surface area contributed by atoms with Gasteiger partial charge in [-0.3, -0.25) is 9.59 Å². The first-order valence-electron chi connectivity index (χ1n) is 15.1. The standard InChI is InChI=1S/C33H41ClN2O6S/c1-22-7-6-15-33(21-37,41-3)29-13-10-26(29)19-36-16-5-4-8-24-17-28(34)12-9-27(24)20-42-31-14-11-25(18-30(31)36)32(38)35-43(39,40)23(22)2/h6,9,11-12,14-15,17-18,21-23,26,29H,4-5,7-8,10,13,16,19-20H2,1-3H3,(H,35,38)/b15-6+/t22?,23-,26+,29-,33?/m1/s1. The highest BCUT2D eigenvalue weighted by molar-refractivity contribution is 7.90. The minimum Gasteiger partial charge on any atom is -0.487 e. The van der Waals surface area contributed by atoms with Crippen LogP contribution in [0.2, 0.25) is 5.02 Å². The molecule has 2 unspecified atom stereocenters. The lowest BCUT2D eigenvalue weighted by Gasteiger charge is -2.47. The molecule has 1 fully saturated rings. The van der Waals surface area contributed by atoms with Gasteiger partial charge >= 0.3 is 0 Å². The molecule has 1 aliphatic carbocycles. The maximum atomic E-state index is 13.3. The summed E-state index contributed by atoms with van der Waals surface area (Å²) in [4.78, 5) is 28.2. The van der Waals surface area contributed by atoms with Gasteiger partial charge in [0.25, 0.3) is 5.91 Å². The van der Waals surface area contributed by atoms with E-state index >= 15 is 0 Å². The first-order valence-corrected chi connectivity index (χ1v) is 17.0. The lowest BCUT2D eigenvalue weighted by molar-refractivity contribution is -0.135. The zero-order valence-electron chi connectivity index (χ0n) is 25.1. The number of nitrogens with one attached hydrogen (secondary N) is 1. The summed E-state index contributed by atoms with van der Waals surface area (Å²) in [5.74, 6) is -0.224. The molecule has 10 heteroatoms. The van der Waals surface area contributed by atoms with Gasteiger partial charge in [0.15, 0.2) is 6.29 Å². The minimum atomic E-state index is -3.97. The van der Waals surface area contributed by atoms with E-state index in [1.54, 1.807) is 32.2 Å². The van der Waals surface area contributed by atoms with Crippen LogP contribution in [0.3, 0.4) is 0 Å². The number of rotatable bonds is 2. The fourth-order valence-corrected chi connectivity index (χ4v) is 7.99. The van der Waals surface area contributed by atoms with Crippen molar-refractivity contribution in [1.82, 2.24) is 4.72 Å². The van der Waals surface area contributed by atoms with Gasteiger partial charge in [-0.05, 0) is 105 Å². The molecule has 2 aromatic carbocycles. The van der Waals surface area contributed by atoms with E-state index in [0.717, 1.165) is 55.2 Å². The molecule has 43 heavy (non-hydrogen) atoms. The maximum Gasteiger partial charge on any atom is 0.264 e. The quantitative estimate of drug-likeness (QED) is 0.335. The monoisotopic (exact) mass is 628 g/mol. The molecule has 0 saturated heterocycles. The largest absolute Gasteiger partial charge is 0.487 e. The molecule has 0 spiro atoms. The van der Waals surface area contributed by atoms with Crippen molar-refractivity contribution in [2.75, 3.05) is 25.1 Å². The van der Waals surface area contributed by atoms with Crippen LogP contribution < -0.4 is 14.4 Å². The van der Waals surface area contributed by atoms with Crippen molar-refractivity contribution in [1.29, 1.82) is 0 Å². The van der Waals surface area contributed by atoms with Crippen molar-refractivity contribution >= 4 is 39.5 Å². The van der Waals surface area contributed by atoms with Gasteiger partial charge in [0.2, 0.25) is 10.0 Å². The van der Waals surface area contributed by atoms with Crippen molar-refractivity contribution in [3.05, 3.63) is 70.3 Å². The molecule has 5 rings (SSSR count). The van der Waals surface area contributed by atoms with Gasteiger partial charge < -0.3 is 14.4 Å². The molecule has 2 heterocycles. The maximum absolute atomic E-state index is 13.3. The molecule has 2 bridgehead atoms. The second-order valence-electron chi connectivity index (χ2n) is 12.2. The van der Waals surface area contributed by atoms with Crippen molar-refractivity contribution in [3.8, 4) is 5.75 Å². The van der Waals surface area contributed by atoms with Gasteiger partial charge in [0, 0.05) is 36.7 Å². The summed E-state index contributed by atoms with van der Waals surface area (Å²) in [6.07, 6.45) is 9.43. The van der Waals surface area contributed by atoms with E-state index in [-0.39, 0.29) is 23.3 Å².